The average Bonchev–Trinajstić information content (AvgIpc) is 2.47. The number of carbonyl (C=O) groups is 1. The second-order valence-electron chi connectivity index (χ2n) is 4.39. The summed E-state index contributed by atoms with van der Waals surface area (Å²) in [6.07, 6.45) is 0.253. The Morgan fingerprint density at radius 2 is 1.95 bits per heavy atom. The lowest BCUT2D eigenvalue weighted by molar-refractivity contribution is -0.115. The number of hydrogen-bond acceptors (Lipinski definition) is 3. The van der Waals surface area contributed by atoms with Crippen molar-refractivity contribution in [1.29, 1.82) is 0 Å². The van der Waals surface area contributed by atoms with Crippen LogP contribution in [0.25, 0.3) is 0 Å². The average molecular weight is 348 g/mol. The van der Waals surface area contributed by atoms with Gasteiger partial charge in [-0.1, -0.05) is 51.4 Å². The Balaban J connectivity index is 2.19. The van der Waals surface area contributed by atoms with E-state index in [1.165, 1.54) is 0 Å². The lowest BCUT2D eigenvalue weighted by atomic mass is 10.1. The van der Waals surface area contributed by atoms with Crippen molar-refractivity contribution >= 4 is 33.4 Å². The Bertz CT molecular complexity index is 672. The Morgan fingerprint density at radius 1 is 1.24 bits per heavy atom. The molecule has 0 aliphatic heterocycles. The molecule has 4 N–H and O–H groups in total. The van der Waals surface area contributed by atoms with E-state index in [9.17, 15) is 4.79 Å². The van der Waals surface area contributed by atoms with Gasteiger partial charge in [-0.25, -0.2) is 0 Å². The Morgan fingerprint density at radius 3 is 2.62 bits per heavy atom. The van der Waals surface area contributed by atoms with Crippen molar-refractivity contribution in [2.24, 2.45) is 10.9 Å². The van der Waals surface area contributed by atoms with E-state index in [2.05, 4.69) is 26.4 Å². The van der Waals surface area contributed by atoms with E-state index in [-0.39, 0.29) is 18.2 Å². The van der Waals surface area contributed by atoms with Crippen molar-refractivity contribution in [1.82, 2.24) is 0 Å². The van der Waals surface area contributed by atoms with Gasteiger partial charge in [-0.3, -0.25) is 4.79 Å². The topological polar surface area (TPSA) is 87.7 Å². The standard InChI is InChI=1S/C15H14BrN3O2/c16-11-6-7-12(15(17)19-21)13(9-11)18-14(20)8-10-4-2-1-3-5-10/h1-7,9,21H,8H2,(H2,17,19)(H,18,20). The molecular weight excluding hydrogens is 334 g/mol. The lowest BCUT2D eigenvalue weighted by Gasteiger charge is -2.11. The number of amides is 1. The molecule has 2 aromatic rings. The third kappa shape index (κ3) is 4.06. The van der Waals surface area contributed by atoms with Gasteiger partial charge >= 0.3 is 0 Å². The van der Waals surface area contributed by atoms with Crippen LogP contribution < -0.4 is 11.1 Å². The summed E-state index contributed by atoms with van der Waals surface area (Å²) >= 11 is 3.33. The summed E-state index contributed by atoms with van der Waals surface area (Å²) in [7, 11) is 0. The predicted molar refractivity (Wildman–Crippen MR) is 85.4 cm³/mol. The van der Waals surface area contributed by atoms with Crippen molar-refractivity contribution in [3.8, 4) is 0 Å². The molecule has 0 aromatic heterocycles. The molecule has 0 heterocycles. The van der Waals surface area contributed by atoms with E-state index >= 15 is 0 Å². The fourth-order valence-corrected chi connectivity index (χ4v) is 2.23. The van der Waals surface area contributed by atoms with Crippen molar-refractivity contribution in [3.05, 3.63) is 64.1 Å². The van der Waals surface area contributed by atoms with E-state index in [0.29, 0.717) is 11.3 Å². The first-order valence-corrected chi connectivity index (χ1v) is 7.00. The molecule has 0 radical (unpaired) electrons. The van der Waals surface area contributed by atoms with E-state index < -0.39 is 0 Å². The first-order chi connectivity index (χ1) is 10.1. The summed E-state index contributed by atoms with van der Waals surface area (Å²) in [6.45, 7) is 0. The number of nitrogens with two attached hydrogens (primary N) is 1. The summed E-state index contributed by atoms with van der Waals surface area (Å²) in [5.41, 5.74) is 7.47. The number of halogens is 1. The molecule has 21 heavy (non-hydrogen) atoms. The Kier molecular flexibility index (Phi) is 4.94. The number of amidine groups is 1. The number of nitrogens with one attached hydrogen (secondary N) is 1. The van der Waals surface area contributed by atoms with Crippen molar-refractivity contribution in [2.45, 2.75) is 6.42 Å². The molecule has 0 fully saturated rings. The summed E-state index contributed by atoms with van der Waals surface area (Å²) in [5, 5.41) is 14.5. The van der Waals surface area contributed by atoms with Crippen LogP contribution in [-0.4, -0.2) is 17.0 Å². The highest BCUT2D eigenvalue weighted by Gasteiger charge is 2.11. The Hall–Kier alpha value is -2.34. The van der Waals surface area contributed by atoms with Gasteiger partial charge in [0.05, 0.1) is 12.1 Å². The molecule has 1 amide bonds. The highest BCUT2D eigenvalue weighted by Crippen LogP contribution is 2.21. The van der Waals surface area contributed by atoms with Crippen LogP contribution in [0.2, 0.25) is 0 Å². The Labute approximate surface area is 130 Å². The van der Waals surface area contributed by atoms with E-state index in [1.807, 2.05) is 30.3 Å². The van der Waals surface area contributed by atoms with Crippen LogP contribution in [0.3, 0.4) is 0 Å². The number of anilines is 1. The number of hydrogen-bond donors (Lipinski definition) is 3. The second kappa shape index (κ2) is 6.90. The molecule has 2 rings (SSSR count). The summed E-state index contributed by atoms with van der Waals surface area (Å²) < 4.78 is 0.784. The molecule has 0 unspecified atom stereocenters. The van der Waals surface area contributed by atoms with Crippen LogP contribution in [0.1, 0.15) is 11.1 Å². The SMILES string of the molecule is N/C(=N/O)c1ccc(Br)cc1NC(=O)Cc1ccccc1. The third-order valence-corrected chi connectivity index (χ3v) is 3.34. The molecule has 0 aliphatic carbocycles. The van der Waals surface area contributed by atoms with Crippen molar-refractivity contribution in [3.63, 3.8) is 0 Å². The largest absolute Gasteiger partial charge is 0.409 e. The van der Waals surface area contributed by atoms with Gasteiger partial charge in [-0.05, 0) is 23.8 Å². The van der Waals surface area contributed by atoms with Crippen molar-refractivity contribution in [2.75, 3.05) is 5.32 Å². The van der Waals surface area contributed by atoms with Crippen LogP contribution in [0.15, 0.2) is 58.2 Å². The zero-order valence-corrected chi connectivity index (χ0v) is 12.7. The van der Waals surface area contributed by atoms with Gasteiger partial charge in [-0.15, -0.1) is 0 Å². The monoisotopic (exact) mass is 347 g/mol. The first-order valence-electron chi connectivity index (χ1n) is 6.21. The van der Waals surface area contributed by atoms with E-state index in [1.54, 1.807) is 18.2 Å². The molecule has 0 bridgehead atoms. The number of carbonyl (C=O) groups excluding carboxylic acids is 1. The minimum absolute atomic E-state index is 0.0579. The fraction of sp³-hybridized carbons (Fsp3) is 0.0667. The maximum atomic E-state index is 12.1. The molecule has 0 spiro atoms. The zero-order valence-electron chi connectivity index (χ0n) is 11.1. The molecule has 5 nitrogen and oxygen atoms in total. The van der Waals surface area contributed by atoms with Crippen LogP contribution in [0.4, 0.5) is 5.69 Å². The predicted octanol–water partition coefficient (Wildman–Crippen LogP) is 2.72. The van der Waals surface area contributed by atoms with Crippen molar-refractivity contribution < 1.29 is 10.0 Å². The highest BCUT2D eigenvalue weighted by atomic mass is 79.9. The normalized spacial score (nSPS) is 11.2. The number of rotatable bonds is 4. The molecule has 0 atom stereocenters. The van der Waals surface area contributed by atoms with Gasteiger partial charge < -0.3 is 16.3 Å². The lowest BCUT2D eigenvalue weighted by Crippen LogP contribution is -2.20. The third-order valence-electron chi connectivity index (χ3n) is 2.85. The molecule has 108 valence electrons. The molecule has 2 aromatic carbocycles. The van der Waals surface area contributed by atoms with Gasteiger partial charge in [0.15, 0.2) is 5.84 Å². The quantitative estimate of drug-likeness (QED) is 0.344. The summed E-state index contributed by atoms with van der Waals surface area (Å²) in [5.74, 6) is -0.233. The van der Waals surface area contributed by atoms with Crippen LogP contribution in [0.5, 0.6) is 0 Å². The smallest absolute Gasteiger partial charge is 0.228 e. The molecule has 0 saturated heterocycles. The number of benzene rings is 2. The van der Waals surface area contributed by atoms with Crippen LogP contribution in [0, 0.1) is 0 Å². The summed E-state index contributed by atoms with van der Waals surface area (Å²) in [6, 6.07) is 14.5. The van der Waals surface area contributed by atoms with Gasteiger partial charge in [0.25, 0.3) is 0 Å². The number of oxime groups is 1. The number of nitrogens with zero attached hydrogens (tertiary/aromatic N) is 1. The molecule has 0 saturated carbocycles. The van der Waals surface area contributed by atoms with Crippen LogP contribution in [-0.2, 0) is 11.2 Å². The second-order valence-corrected chi connectivity index (χ2v) is 5.30. The highest BCUT2D eigenvalue weighted by molar-refractivity contribution is 9.10. The molecule has 0 aliphatic rings. The minimum Gasteiger partial charge on any atom is -0.409 e. The maximum Gasteiger partial charge on any atom is 0.228 e. The van der Waals surface area contributed by atoms with Gasteiger partial charge in [-0.2, -0.15) is 0 Å². The molecule has 6 heteroatoms. The van der Waals surface area contributed by atoms with Gasteiger partial charge in [0.1, 0.15) is 0 Å². The molecular formula is C15H14BrN3O2. The van der Waals surface area contributed by atoms with Gasteiger partial charge in [0.2, 0.25) is 5.91 Å². The van der Waals surface area contributed by atoms with Crippen LogP contribution >= 0.6 is 15.9 Å². The minimum atomic E-state index is -0.175. The van der Waals surface area contributed by atoms with E-state index in [4.69, 9.17) is 10.9 Å². The van der Waals surface area contributed by atoms with E-state index in [0.717, 1.165) is 10.0 Å². The first kappa shape index (κ1) is 15.1. The summed E-state index contributed by atoms with van der Waals surface area (Å²) in [4.78, 5) is 12.1. The fourth-order valence-electron chi connectivity index (χ4n) is 1.87. The van der Waals surface area contributed by atoms with Gasteiger partial charge in [0, 0.05) is 10.0 Å². The zero-order chi connectivity index (χ0) is 15.2. The maximum absolute atomic E-state index is 12.1.